The van der Waals surface area contributed by atoms with Crippen LogP contribution < -0.4 is 80.6 Å². The van der Waals surface area contributed by atoms with Crippen LogP contribution in [0, 0.1) is 0 Å². The number of hydrogen-bond donors (Lipinski definition) is 4. The Labute approximate surface area is 814 Å². The molecule has 0 atom stereocenters. The zero-order valence-electron chi connectivity index (χ0n) is 74.7. The second-order valence-corrected chi connectivity index (χ2v) is 40.9. The molecule has 0 unspecified atom stereocenters. The Hall–Kier alpha value is -11.6. The van der Waals surface area contributed by atoms with E-state index < -0.39 is 38.8 Å². The first-order chi connectivity index (χ1) is 64.0. The van der Waals surface area contributed by atoms with Gasteiger partial charge in [-0.25, -0.2) is 0 Å². The molecule has 0 saturated heterocycles. The summed E-state index contributed by atoms with van der Waals surface area (Å²) in [7, 11) is -3.20. The summed E-state index contributed by atoms with van der Waals surface area (Å²) in [5.41, 5.74) is 23.2. The van der Waals surface area contributed by atoms with Crippen molar-refractivity contribution in [2.75, 3.05) is 11.5 Å². The molecule has 18 aromatic rings. The summed E-state index contributed by atoms with van der Waals surface area (Å²) in [6, 6.07) is 179. The van der Waals surface area contributed by atoms with E-state index in [4.69, 9.17) is 11.5 Å². The van der Waals surface area contributed by atoms with Crippen LogP contribution in [0.3, 0.4) is 0 Å². The molecule has 0 aliphatic carbocycles. The van der Waals surface area contributed by atoms with E-state index in [9.17, 15) is 10.0 Å². The molecule has 0 amide bonds. The SMILES string of the molecule is C.CCCCCCc1ccc(-c2cccc(-c3ccc(N)cc3)c2)cc1.CCCCCCc1ccc(-c2cccc(B(O)O)c2)cc1.Nc1ccc(Br)cc1.[Pd].c1ccc(P(c2ccccc2)c2ccccc2)cc1.c1ccc(P(c2ccccc2)c2ccccc2)cc1.c1ccc(P(c2ccccc2)c2ccccc2)cc1.c1ccc(P(c2ccccc2)c2ccccc2)cc1. The number of aryl methyl sites for hydroxylation is 2. The predicted octanol–water partition coefficient (Wildman–Crippen LogP) is 26.3. The van der Waals surface area contributed by atoms with Gasteiger partial charge >= 0.3 is 7.12 Å². The molecule has 0 radical (unpaired) electrons. The van der Waals surface area contributed by atoms with Crippen LogP contribution in [0.1, 0.15) is 83.8 Å². The van der Waals surface area contributed by atoms with Crippen LogP contribution in [-0.4, -0.2) is 17.2 Å². The number of anilines is 2. The summed E-state index contributed by atoms with van der Waals surface area (Å²) < 4.78 is 1.06. The molecule has 666 valence electrons. The molecule has 11 heteroatoms. The van der Waals surface area contributed by atoms with Crippen LogP contribution in [0.4, 0.5) is 11.4 Å². The van der Waals surface area contributed by atoms with Crippen LogP contribution in [0.2, 0.25) is 0 Å². The number of unbranched alkanes of at least 4 members (excludes halogenated alkanes) is 6. The van der Waals surface area contributed by atoms with E-state index in [-0.39, 0.29) is 27.8 Å². The van der Waals surface area contributed by atoms with Crippen molar-refractivity contribution >= 4 is 135 Å². The fraction of sp³-hybridized carbons (Fsp3) is 0.107. The fourth-order valence-corrected chi connectivity index (χ4v) is 24.3. The molecule has 18 aromatic carbocycles. The van der Waals surface area contributed by atoms with Gasteiger partial charge in [0.2, 0.25) is 0 Å². The third-order valence-electron chi connectivity index (χ3n) is 21.5. The Bertz CT molecular complexity index is 5220. The van der Waals surface area contributed by atoms with Gasteiger partial charge in [0, 0.05) is 36.3 Å². The zero-order valence-corrected chi connectivity index (χ0v) is 81.4. The second kappa shape index (κ2) is 58.3. The van der Waals surface area contributed by atoms with Gasteiger partial charge in [0.1, 0.15) is 0 Å². The molecule has 0 aliphatic heterocycles. The molecule has 6 N–H and O–H groups in total. The van der Waals surface area contributed by atoms with Crippen LogP contribution in [0.15, 0.2) is 514 Å². The van der Waals surface area contributed by atoms with Gasteiger partial charge < -0.3 is 21.5 Å². The Balaban J connectivity index is 0.000000161. The topological polar surface area (TPSA) is 92.5 Å². The maximum Gasteiger partial charge on any atom is 0.488 e. The van der Waals surface area contributed by atoms with E-state index in [0.29, 0.717) is 5.46 Å². The van der Waals surface area contributed by atoms with Gasteiger partial charge in [0.05, 0.1) is 0 Å². The van der Waals surface area contributed by atoms with E-state index in [0.717, 1.165) is 33.4 Å². The summed E-state index contributed by atoms with van der Waals surface area (Å²) in [5.74, 6) is 0. The van der Waals surface area contributed by atoms with Gasteiger partial charge in [-0.2, -0.15) is 0 Å². The predicted molar refractivity (Wildman–Crippen MR) is 585 cm³/mol. The standard InChI is InChI=1S/C24H27N.C18H23BO2.4C18H15P.C6H6BrN.CH4.Pd/c1-2-3-4-5-7-19-10-12-20(13-11-19)22-8-6-9-23(18-22)21-14-16-24(25)17-15-21;1-2-3-4-5-7-15-10-12-16(13-11-15)17-8-6-9-18(14-17)19(20)21;4*1-4-10-16(11-5-1)19(17-12-6-2-7-13-17)18-14-8-3-9-15-18;7-5-1-3-6(8)4-2-5;;/h6,8-18H,2-5,7,25H2,1H3;6,8-14,20-21H,2-5,7H2,1H3;4*1-15H;1-4H,8H2;1H4;. The maximum absolute atomic E-state index is 9.24. The van der Waals surface area contributed by atoms with Crippen molar-refractivity contribution in [3.8, 4) is 33.4 Å². The molecule has 0 heterocycles. The minimum absolute atomic E-state index is 0. The van der Waals surface area contributed by atoms with Crippen LogP contribution in [-0.2, 0) is 33.3 Å². The summed E-state index contributed by atoms with van der Waals surface area (Å²) >= 11 is 3.29. The van der Waals surface area contributed by atoms with Gasteiger partial charge in [-0.15, -0.1) is 0 Å². The summed E-state index contributed by atoms with van der Waals surface area (Å²) in [5, 5.41) is 35.2. The van der Waals surface area contributed by atoms with Gasteiger partial charge in [-0.1, -0.05) is 543 Å². The normalized spacial score (nSPS) is 10.4. The quantitative estimate of drug-likeness (QED) is 0.0188. The number of nitrogen functional groups attached to an aromatic ring is 2. The number of nitrogens with two attached hydrogens (primary N) is 2. The van der Waals surface area contributed by atoms with Crippen molar-refractivity contribution in [1.82, 2.24) is 0 Å². The van der Waals surface area contributed by atoms with E-state index in [2.05, 4.69) is 479 Å². The number of benzene rings is 18. The number of hydrogen-bond acceptors (Lipinski definition) is 4. The maximum atomic E-state index is 9.24. The van der Waals surface area contributed by atoms with E-state index in [1.165, 1.54) is 155 Å². The minimum atomic E-state index is -1.41. The van der Waals surface area contributed by atoms with Gasteiger partial charge in [-0.05, 0) is 213 Å². The van der Waals surface area contributed by atoms with Crippen molar-refractivity contribution in [3.05, 3.63) is 525 Å². The van der Waals surface area contributed by atoms with Crippen LogP contribution in [0.5, 0.6) is 0 Å². The monoisotopic (exact) mass is 1950 g/mol. The molecule has 0 spiro atoms. The Kier molecular flexibility index (Phi) is 45.3. The van der Waals surface area contributed by atoms with E-state index >= 15 is 0 Å². The second-order valence-electron chi connectivity index (χ2n) is 31.1. The molecule has 0 fully saturated rings. The molecule has 0 saturated carbocycles. The number of halogens is 1. The summed E-state index contributed by atoms with van der Waals surface area (Å²) in [4.78, 5) is 0. The minimum Gasteiger partial charge on any atom is -0.423 e. The number of rotatable bonds is 26. The molecular weight excluding hydrogens is 1830 g/mol. The van der Waals surface area contributed by atoms with Crippen LogP contribution in [0.25, 0.3) is 33.4 Å². The van der Waals surface area contributed by atoms with Crippen molar-refractivity contribution in [1.29, 1.82) is 0 Å². The average Bonchev–Trinajstić information content (AvgIpc) is 1.41. The van der Waals surface area contributed by atoms with Gasteiger partial charge in [0.25, 0.3) is 0 Å². The molecule has 132 heavy (non-hydrogen) atoms. The van der Waals surface area contributed by atoms with E-state index in [1.54, 1.807) is 6.07 Å². The first-order valence-electron chi connectivity index (χ1n) is 45.0. The molecule has 4 nitrogen and oxygen atoms in total. The molecule has 18 rings (SSSR count). The average molecular weight is 1960 g/mol. The Morgan fingerprint density at radius 3 is 0.621 bits per heavy atom. The molecular formula is C121H120BBrN2O2P4Pd. The molecule has 0 aliphatic rings. The zero-order chi connectivity index (χ0) is 90.2. The summed E-state index contributed by atoms with van der Waals surface area (Å²) in [6.45, 7) is 4.49. The fourth-order valence-electron chi connectivity index (χ4n) is 14.8. The smallest absolute Gasteiger partial charge is 0.423 e. The first-order valence-corrected chi connectivity index (χ1v) is 51.1. The molecule has 0 bridgehead atoms. The van der Waals surface area contributed by atoms with Crippen molar-refractivity contribution < 1.29 is 30.5 Å². The third-order valence-corrected chi connectivity index (χ3v) is 31.8. The van der Waals surface area contributed by atoms with Crippen molar-refractivity contribution in [2.45, 2.75) is 85.5 Å². The Morgan fingerprint density at radius 1 is 0.220 bits per heavy atom. The Morgan fingerprint density at radius 2 is 0.417 bits per heavy atom. The third kappa shape index (κ3) is 33.6. The van der Waals surface area contributed by atoms with Crippen molar-refractivity contribution in [2.24, 2.45) is 0 Å². The largest absolute Gasteiger partial charge is 0.488 e. The van der Waals surface area contributed by atoms with Gasteiger partial charge in [0.15, 0.2) is 0 Å². The summed E-state index contributed by atoms with van der Waals surface area (Å²) in [6.07, 6.45) is 12.7. The van der Waals surface area contributed by atoms with Crippen molar-refractivity contribution in [3.63, 3.8) is 0 Å². The molecule has 0 aromatic heterocycles. The van der Waals surface area contributed by atoms with E-state index in [1.807, 2.05) is 54.6 Å². The first kappa shape index (κ1) is 103. The van der Waals surface area contributed by atoms with Crippen LogP contribution >= 0.6 is 47.6 Å². The van der Waals surface area contributed by atoms with Gasteiger partial charge in [-0.3, -0.25) is 0 Å².